The molecule has 2 aromatic heterocycles. The third kappa shape index (κ3) is 3.76. The molecule has 39 heavy (non-hydrogen) atoms. The Balaban J connectivity index is 1.46. The number of thiophene rings is 1. The first-order valence-electron chi connectivity index (χ1n) is 12.5. The minimum atomic E-state index is -1.12. The number of phenols is 1. The van der Waals surface area contributed by atoms with Crippen LogP contribution in [0.25, 0.3) is 20.7 Å². The number of nitrogens with zero attached hydrogens (tertiary/aromatic N) is 3. The van der Waals surface area contributed by atoms with Gasteiger partial charge in [0.15, 0.2) is 0 Å². The van der Waals surface area contributed by atoms with Crippen molar-refractivity contribution in [2.24, 2.45) is 18.4 Å². The number of aryl methyl sites for hydroxylation is 2. The molecule has 1 aliphatic carbocycles. The number of halogens is 2. The molecule has 6 nitrogen and oxygen atoms in total. The number of anilines is 1. The monoisotopic (exact) mass is 621 g/mol. The summed E-state index contributed by atoms with van der Waals surface area (Å²) in [5, 5.41) is 17.3. The summed E-state index contributed by atoms with van der Waals surface area (Å²) in [4.78, 5) is 30.5. The van der Waals surface area contributed by atoms with E-state index in [0.29, 0.717) is 28.5 Å². The van der Waals surface area contributed by atoms with Crippen LogP contribution in [-0.4, -0.2) is 26.7 Å². The number of carbonyl (C=O) groups excluding carboxylic acids is 2. The van der Waals surface area contributed by atoms with Gasteiger partial charge in [0.05, 0.1) is 16.2 Å². The van der Waals surface area contributed by atoms with Gasteiger partial charge in [0, 0.05) is 38.8 Å². The van der Waals surface area contributed by atoms with Crippen LogP contribution in [0.3, 0.4) is 0 Å². The first-order chi connectivity index (χ1) is 18.6. The van der Waals surface area contributed by atoms with Gasteiger partial charge < -0.3 is 5.11 Å². The van der Waals surface area contributed by atoms with Gasteiger partial charge in [-0.1, -0.05) is 46.3 Å². The number of fused-ring (bicyclic) bond motifs is 2. The normalized spacial score (nSPS) is 22.9. The van der Waals surface area contributed by atoms with Crippen LogP contribution in [0.1, 0.15) is 30.4 Å². The maximum Gasteiger partial charge on any atom is 0.242 e. The fourth-order valence-electron chi connectivity index (χ4n) is 6.18. The number of carbonyl (C=O) groups is 2. The molecule has 1 N–H and O–H groups in total. The van der Waals surface area contributed by atoms with E-state index in [4.69, 9.17) is 16.7 Å². The van der Waals surface area contributed by atoms with Gasteiger partial charge in [-0.3, -0.25) is 14.3 Å². The first kappa shape index (κ1) is 26.0. The Bertz CT molecular complexity index is 1760. The van der Waals surface area contributed by atoms with Crippen molar-refractivity contribution in [2.75, 3.05) is 4.90 Å². The first-order valence-corrected chi connectivity index (χ1v) is 14.5. The van der Waals surface area contributed by atoms with Crippen LogP contribution in [0.5, 0.6) is 5.75 Å². The van der Waals surface area contributed by atoms with Crippen LogP contribution >= 0.6 is 38.9 Å². The molecular weight excluding hydrogens is 598 g/mol. The summed E-state index contributed by atoms with van der Waals surface area (Å²) in [6.45, 7) is 7.82. The molecule has 9 heteroatoms. The topological polar surface area (TPSA) is 75.4 Å². The lowest BCUT2D eigenvalue weighted by Crippen LogP contribution is -2.42. The number of rotatable bonds is 4. The molecule has 1 saturated heterocycles. The molecule has 0 bridgehead atoms. The van der Waals surface area contributed by atoms with Crippen molar-refractivity contribution in [3.05, 3.63) is 87.4 Å². The van der Waals surface area contributed by atoms with E-state index >= 15 is 0 Å². The maximum absolute atomic E-state index is 14.4. The molecule has 1 fully saturated rings. The Morgan fingerprint density at radius 2 is 2.00 bits per heavy atom. The minimum Gasteiger partial charge on any atom is -0.508 e. The van der Waals surface area contributed by atoms with E-state index in [1.165, 1.54) is 4.90 Å². The largest absolute Gasteiger partial charge is 0.508 e. The molecule has 2 aliphatic rings. The highest BCUT2D eigenvalue weighted by Gasteiger charge is 2.63. The quantitative estimate of drug-likeness (QED) is 0.239. The zero-order valence-electron chi connectivity index (χ0n) is 21.5. The highest BCUT2D eigenvalue weighted by Crippen LogP contribution is 2.58. The second-order valence-electron chi connectivity index (χ2n) is 10.3. The minimum absolute atomic E-state index is 0.0692. The predicted octanol–water partition coefficient (Wildman–Crippen LogP) is 7.53. The molecule has 2 amide bonds. The van der Waals surface area contributed by atoms with Crippen molar-refractivity contribution >= 4 is 66.6 Å². The zero-order valence-corrected chi connectivity index (χ0v) is 24.7. The molecule has 4 aromatic rings. The average Bonchev–Trinajstić information content (AvgIpc) is 3.50. The lowest BCUT2D eigenvalue weighted by atomic mass is 9.60. The van der Waals surface area contributed by atoms with Gasteiger partial charge in [0.25, 0.3) is 0 Å². The fourth-order valence-corrected chi connectivity index (χ4v) is 7.88. The number of hydrogen-bond acceptors (Lipinski definition) is 5. The van der Waals surface area contributed by atoms with Crippen LogP contribution < -0.4 is 4.90 Å². The third-order valence-electron chi connectivity index (χ3n) is 8.18. The van der Waals surface area contributed by atoms with Crippen molar-refractivity contribution in [1.29, 1.82) is 0 Å². The van der Waals surface area contributed by atoms with Gasteiger partial charge >= 0.3 is 0 Å². The Kier molecular flexibility index (Phi) is 6.13. The molecule has 0 spiro atoms. The molecule has 0 radical (unpaired) electrons. The number of hydrogen-bond donors (Lipinski definition) is 1. The molecule has 3 atom stereocenters. The number of aromatic hydroxyl groups is 1. The number of amides is 2. The Hall–Kier alpha value is -3.20. The lowest BCUT2D eigenvalue weighted by Gasteiger charge is -2.40. The summed E-state index contributed by atoms with van der Waals surface area (Å²) >= 11 is 11.3. The molecule has 6 rings (SSSR count). The summed E-state index contributed by atoms with van der Waals surface area (Å²) in [7, 11) is 1.74. The summed E-state index contributed by atoms with van der Waals surface area (Å²) in [5.74, 6) is -1.24. The molecule has 198 valence electrons. The number of aromatic nitrogens is 2. The van der Waals surface area contributed by atoms with E-state index in [-0.39, 0.29) is 17.6 Å². The average molecular weight is 623 g/mol. The molecule has 0 unspecified atom stereocenters. The van der Waals surface area contributed by atoms with Crippen LogP contribution in [0.15, 0.2) is 71.2 Å². The van der Waals surface area contributed by atoms with E-state index in [0.717, 1.165) is 30.6 Å². The van der Waals surface area contributed by atoms with Crippen molar-refractivity contribution in [3.8, 4) is 16.3 Å². The molecular formula is C30H25BrClN3O3S. The third-order valence-corrected chi connectivity index (χ3v) is 10.2. The Morgan fingerprint density at radius 3 is 2.74 bits per heavy atom. The van der Waals surface area contributed by atoms with E-state index in [1.54, 1.807) is 41.3 Å². The van der Waals surface area contributed by atoms with Gasteiger partial charge in [0.2, 0.25) is 11.8 Å². The van der Waals surface area contributed by atoms with E-state index in [2.05, 4.69) is 22.5 Å². The molecule has 2 aromatic carbocycles. The van der Waals surface area contributed by atoms with Crippen molar-refractivity contribution in [1.82, 2.24) is 9.78 Å². The fraction of sp³-hybridized carbons (Fsp3) is 0.233. The smallest absolute Gasteiger partial charge is 0.242 e. The van der Waals surface area contributed by atoms with Gasteiger partial charge in [-0.15, -0.1) is 11.3 Å². The number of phenolic OH excluding ortho intramolecular Hbond substituents is 1. The second kappa shape index (κ2) is 9.18. The number of imide groups is 1. The number of benzene rings is 2. The van der Waals surface area contributed by atoms with E-state index in [1.807, 2.05) is 50.3 Å². The predicted molar refractivity (Wildman–Crippen MR) is 159 cm³/mol. The van der Waals surface area contributed by atoms with E-state index in [9.17, 15) is 14.7 Å². The Labute approximate surface area is 243 Å². The Morgan fingerprint density at radius 1 is 1.23 bits per heavy atom. The molecule has 1 aliphatic heterocycles. The van der Waals surface area contributed by atoms with Crippen molar-refractivity contribution in [2.45, 2.75) is 26.2 Å². The molecule has 0 saturated carbocycles. The lowest BCUT2D eigenvalue weighted by molar-refractivity contribution is -0.127. The summed E-state index contributed by atoms with van der Waals surface area (Å²) < 4.78 is 3.45. The summed E-state index contributed by atoms with van der Waals surface area (Å²) in [6.07, 6.45) is 4.08. The van der Waals surface area contributed by atoms with Gasteiger partial charge in [0.1, 0.15) is 17.3 Å². The van der Waals surface area contributed by atoms with Crippen molar-refractivity contribution < 1.29 is 14.7 Å². The zero-order chi connectivity index (χ0) is 27.8. The van der Waals surface area contributed by atoms with Crippen LogP contribution in [0.2, 0.25) is 5.02 Å². The van der Waals surface area contributed by atoms with E-state index < -0.39 is 17.3 Å². The number of allylic oxidation sites excluding steroid dienone is 3. The van der Waals surface area contributed by atoms with Crippen molar-refractivity contribution in [3.63, 3.8) is 0 Å². The van der Waals surface area contributed by atoms with Gasteiger partial charge in [-0.05, 0) is 73.2 Å². The second-order valence-corrected chi connectivity index (χ2v) is 12.7. The van der Waals surface area contributed by atoms with Crippen LogP contribution in [0.4, 0.5) is 5.82 Å². The van der Waals surface area contributed by atoms with Gasteiger partial charge in [-0.25, -0.2) is 4.90 Å². The highest BCUT2D eigenvalue weighted by molar-refractivity contribution is 9.10. The van der Waals surface area contributed by atoms with Gasteiger partial charge in [-0.2, -0.15) is 5.10 Å². The van der Waals surface area contributed by atoms with Crippen LogP contribution in [-0.2, 0) is 16.6 Å². The highest BCUT2D eigenvalue weighted by atomic mass is 79.9. The molecule has 3 heterocycles. The standard InChI is InChI=1S/C30H25BrClN3O3S/c1-5-16-6-9-21-28(37)35(29(38)30(21,3)26(16)20-12-17(31)7-10-23(20)36)25-14-22(33-34(25)4)27-15(2)19-13-18(32)8-11-24(19)39-27/h5-8,10-14,21,26,36H,1,9H2,2-4H3/t21-,26+,30+/m0/s1. The maximum atomic E-state index is 14.4. The summed E-state index contributed by atoms with van der Waals surface area (Å²) in [5.41, 5.74) is 2.01. The SMILES string of the molecule is C=CC1=CC[C@H]2C(=O)N(c3cc(-c4sc5ccc(Cl)cc5c4C)nn3C)C(=O)[C@@]2(C)[C@H]1c1cc(Br)ccc1O. The summed E-state index contributed by atoms with van der Waals surface area (Å²) in [6, 6.07) is 12.8. The van der Waals surface area contributed by atoms with Crippen LogP contribution in [0, 0.1) is 18.3 Å².